The van der Waals surface area contributed by atoms with Gasteiger partial charge in [-0.15, -0.1) is 4.47 Å². The lowest BCUT2D eigenvalue weighted by Gasteiger charge is -2.36. The molecule has 55 heavy (non-hydrogen) atoms. The number of hydrogen-bond acceptors (Lipinski definition) is 11. The number of hydroxylamine groups is 1. The molecule has 2 aliphatic rings. The number of carbonyl (C=O) groups is 2. The van der Waals surface area contributed by atoms with Gasteiger partial charge in [0.05, 0.1) is 22.5 Å². The van der Waals surface area contributed by atoms with Crippen LogP contribution in [0.5, 0.6) is 0 Å². The highest BCUT2D eigenvalue weighted by molar-refractivity contribution is 7.97. The summed E-state index contributed by atoms with van der Waals surface area (Å²) < 4.78 is 22.1. The molecule has 3 aromatic carbocycles. The van der Waals surface area contributed by atoms with Gasteiger partial charge in [0.15, 0.2) is 0 Å². The summed E-state index contributed by atoms with van der Waals surface area (Å²) in [5.41, 5.74) is 0.351. The molecule has 15 nitrogen and oxygen atoms in total. The molecule has 0 saturated carbocycles. The van der Waals surface area contributed by atoms with E-state index in [1.165, 1.54) is 43.1 Å². The predicted octanol–water partition coefficient (Wildman–Crippen LogP) is 7.68. The predicted molar refractivity (Wildman–Crippen MR) is 212 cm³/mol. The van der Waals surface area contributed by atoms with Crippen LogP contribution in [0.4, 0.5) is 16.2 Å². The zero-order valence-corrected chi connectivity index (χ0v) is 33.9. The summed E-state index contributed by atoms with van der Waals surface area (Å²) in [6.07, 6.45) is 2.80. The lowest BCUT2D eigenvalue weighted by Crippen LogP contribution is -2.47. The van der Waals surface area contributed by atoms with E-state index in [1.54, 1.807) is 37.9 Å². The van der Waals surface area contributed by atoms with E-state index in [0.717, 1.165) is 36.1 Å². The Hall–Kier alpha value is -4.42. The number of carbonyl (C=O) groups excluding carboxylic acids is 2. The Morgan fingerprint density at radius 3 is 2.11 bits per heavy atom. The van der Waals surface area contributed by atoms with Crippen LogP contribution in [0.15, 0.2) is 88.7 Å². The second-order valence-corrected chi connectivity index (χ2v) is 16.0. The van der Waals surface area contributed by atoms with Crippen molar-refractivity contribution in [3.05, 3.63) is 105 Å². The SMILES string of the molecule is CC.CC(=O)NC1CCN(C(=O)OC(C)(C)C)CC1.O=[N+]([O-])c1ccc(SN(OCc2ccccc2)C2CCCN(S(=O)c3ccccc3[N+](=O)[O-])C2)cc1. The first kappa shape index (κ1) is 45.0. The highest BCUT2D eigenvalue weighted by Crippen LogP contribution is 2.33. The first-order chi connectivity index (χ1) is 26.2. The molecule has 3 aromatic rings. The molecule has 2 heterocycles. The number of nitrogens with one attached hydrogen (secondary N) is 1. The Morgan fingerprint density at radius 1 is 0.909 bits per heavy atom. The quantitative estimate of drug-likeness (QED) is 0.114. The van der Waals surface area contributed by atoms with Gasteiger partial charge in [0, 0.05) is 62.2 Å². The summed E-state index contributed by atoms with van der Waals surface area (Å²) in [5.74, 6) is -0.0132. The number of nitro benzene ring substituents is 2. The maximum Gasteiger partial charge on any atom is 0.410 e. The third kappa shape index (κ3) is 15.0. The highest BCUT2D eigenvalue weighted by atomic mass is 32.2. The molecule has 0 radical (unpaired) electrons. The maximum atomic E-state index is 13.3. The number of likely N-dealkylation sites (tertiary alicyclic amines) is 1. The van der Waals surface area contributed by atoms with Gasteiger partial charge < -0.3 is 15.0 Å². The van der Waals surface area contributed by atoms with E-state index in [-0.39, 0.29) is 40.4 Å². The molecular formula is C38H52N6O9S2. The minimum Gasteiger partial charge on any atom is -0.444 e. The van der Waals surface area contributed by atoms with Crippen molar-refractivity contribution in [2.75, 3.05) is 26.2 Å². The number of non-ortho nitro benzene ring substituents is 1. The number of nitro groups is 2. The fourth-order valence-corrected chi connectivity index (χ4v) is 7.90. The van der Waals surface area contributed by atoms with Gasteiger partial charge in [0.2, 0.25) is 5.91 Å². The van der Waals surface area contributed by atoms with E-state index in [1.807, 2.05) is 65.0 Å². The van der Waals surface area contributed by atoms with Gasteiger partial charge in [0.25, 0.3) is 11.4 Å². The molecule has 17 heteroatoms. The second-order valence-electron chi connectivity index (χ2n) is 13.5. The first-order valence-electron chi connectivity index (χ1n) is 18.2. The van der Waals surface area contributed by atoms with Gasteiger partial charge in [-0.1, -0.05) is 56.3 Å². The number of nitrogens with zero attached hydrogens (tertiary/aromatic N) is 5. The minimum absolute atomic E-state index is 0.000187. The molecule has 0 aromatic heterocycles. The fourth-order valence-electron chi connectivity index (χ4n) is 5.61. The van der Waals surface area contributed by atoms with Gasteiger partial charge in [-0.05, 0) is 82.2 Å². The van der Waals surface area contributed by atoms with Crippen LogP contribution in [0.25, 0.3) is 0 Å². The van der Waals surface area contributed by atoms with Crippen LogP contribution >= 0.6 is 11.9 Å². The molecule has 0 bridgehead atoms. The normalized spacial score (nSPS) is 16.8. The molecule has 0 spiro atoms. The lowest BCUT2D eigenvalue weighted by atomic mass is 10.1. The van der Waals surface area contributed by atoms with Gasteiger partial charge in [-0.3, -0.25) is 29.9 Å². The molecule has 2 fully saturated rings. The number of piperidine rings is 2. The van der Waals surface area contributed by atoms with Gasteiger partial charge in [-0.25, -0.2) is 13.3 Å². The smallest absolute Gasteiger partial charge is 0.410 e. The molecule has 2 saturated heterocycles. The number of amides is 2. The van der Waals surface area contributed by atoms with Crippen LogP contribution in [0, 0.1) is 20.2 Å². The van der Waals surface area contributed by atoms with Crippen LogP contribution in [-0.2, 0) is 32.0 Å². The van der Waals surface area contributed by atoms with E-state index < -0.39 is 26.4 Å². The second kappa shape index (κ2) is 22.2. The summed E-state index contributed by atoms with van der Waals surface area (Å²) >= 11 is 1.31. The van der Waals surface area contributed by atoms with Crippen molar-refractivity contribution < 1.29 is 33.2 Å². The van der Waals surface area contributed by atoms with Crippen molar-refractivity contribution in [2.24, 2.45) is 0 Å². The van der Waals surface area contributed by atoms with Crippen molar-refractivity contribution in [2.45, 2.75) is 101 Å². The zero-order valence-electron chi connectivity index (χ0n) is 32.3. The van der Waals surface area contributed by atoms with E-state index in [9.17, 15) is 34.0 Å². The number of ether oxygens (including phenoxy) is 1. The number of benzene rings is 3. The summed E-state index contributed by atoms with van der Waals surface area (Å²) in [7, 11) is -1.71. The Kier molecular flexibility index (Phi) is 18.2. The first-order valence-corrected chi connectivity index (χ1v) is 20.1. The molecule has 2 aliphatic heterocycles. The Balaban J connectivity index is 0.000000359. The van der Waals surface area contributed by atoms with Crippen LogP contribution in [0.1, 0.15) is 72.8 Å². The van der Waals surface area contributed by atoms with E-state index >= 15 is 0 Å². The third-order valence-electron chi connectivity index (χ3n) is 8.14. The van der Waals surface area contributed by atoms with Crippen molar-refractivity contribution in [3.63, 3.8) is 0 Å². The summed E-state index contributed by atoms with van der Waals surface area (Å²) in [6.45, 7) is 13.6. The third-order valence-corrected chi connectivity index (χ3v) is 10.7. The average molecular weight is 801 g/mol. The monoisotopic (exact) mass is 800 g/mol. The Bertz CT molecular complexity index is 1720. The number of rotatable bonds is 11. The fraction of sp³-hybridized carbons (Fsp3) is 0.474. The van der Waals surface area contributed by atoms with Crippen LogP contribution in [0.2, 0.25) is 0 Å². The zero-order chi connectivity index (χ0) is 40.5. The van der Waals surface area contributed by atoms with Gasteiger partial charge >= 0.3 is 6.09 Å². The van der Waals surface area contributed by atoms with Crippen LogP contribution < -0.4 is 5.32 Å². The summed E-state index contributed by atoms with van der Waals surface area (Å²) in [4.78, 5) is 52.9. The van der Waals surface area contributed by atoms with Gasteiger partial charge in [-0.2, -0.15) is 0 Å². The number of hydrogen-bond donors (Lipinski definition) is 1. The van der Waals surface area contributed by atoms with Gasteiger partial charge in [0.1, 0.15) is 21.5 Å². The van der Waals surface area contributed by atoms with E-state index in [2.05, 4.69) is 5.32 Å². The van der Waals surface area contributed by atoms with Crippen LogP contribution in [0.3, 0.4) is 0 Å². The highest BCUT2D eigenvalue weighted by Gasteiger charge is 2.33. The van der Waals surface area contributed by atoms with Crippen molar-refractivity contribution in [1.82, 2.24) is 19.0 Å². The molecular weight excluding hydrogens is 749 g/mol. The lowest BCUT2D eigenvalue weighted by molar-refractivity contribution is -0.387. The molecule has 1 N–H and O–H groups in total. The molecule has 0 aliphatic carbocycles. The summed E-state index contributed by atoms with van der Waals surface area (Å²) in [6, 6.07) is 21.9. The molecule has 2 unspecified atom stereocenters. The minimum atomic E-state index is -1.71. The molecule has 2 atom stereocenters. The van der Waals surface area contributed by atoms with E-state index in [4.69, 9.17) is 9.57 Å². The molecule has 2 amide bonds. The average Bonchev–Trinajstić information content (AvgIpc) is 3.17. The van der Waals surface area contributed by atoms with Crippen LogP contribution in [-0.4, -0.2) is 83.6 Å². The molecule has 300 valence electrons. The number of para-hydroxylation sites is 1. The maximum absolute atomic E-state index is 13.3. The standard InChI is InChI=1S/C24H24N4O6S2.C12H22N2O3.C2H6/c29-26(30)20-12-14-22(15-13-20)35-28(34-18-19-7-2-1-3-8-19)21-9-6-16-25(17-21)36(33)24-11-5-4-10-23(24)27(31)32;1-9(15)13-10-5-7-14(8-6-10)11(16)17-12(2,3)4;1-2/h1-5,7-8,10-15,21H,6,9,16-18H2;10H,5-8H2,1-4H3,(H,13,15);1-2H3. The Labute approximate surface area is 329 Å². The van der Waals surface area contributed by atoms with E-state index in [0.29, 0.717) is 32.8 Å². The van der Waals surface area contributed by atoms with Crippen molar-refractivity contribution in [1.29, 1.82) is 0 Å². The Morgan fingerprint density at radius 2 is 1.53 bits per heavy atom. The van der Waals surface area contributed by atoms with Crippen molar-refractivity contribution >= 4 is 46.3 Å². The topological polar surface area (TPSA) is 178 Å². The summed E-state index contributed by atoms with van der Waals surface area (Å²) in [5, 5.41) is 25.3. The molecule has 5 rings (SSSR count). The largest absolute Gasteiger partial charge is 0.444 e. The van der Waals surface area contributed by atoms with Crippen molar-refractivity contribution in [3.8, 4) is 0 Å².